The lowest BCUT2D eigenvalue weighted by molar-refractivity contribution is 1.39. The van der Waals surface area contributed by atoms with Gasteiger partial charge in [-0.05, 0) is 148 Å². The van der Waals surface area contributed by atoms with Gasteiger partial charge in [0.2, 0.25) is 0 Å². The summed E-state index contributed by atoms with van der Waals surface area (Å²) in [7, 11) is 0. The van der Waals surface area contributed by atoms with Gasteiger partial charge in [-0.25, -0.2) is 20.0 Å². The molecule has 0 spiro atoms. The zero-order valence-corrected chi connectivity index (χ0v) is 52.4. The Kier molecular flexibility index (Phi) is 14.9. The standard InChI is InChI=1S/2C46H30N2/c1-3-13-33-27-37(25-23-31(33)11-1)35-15-9-17-39(29-35)45-41-19-5-7-21-43(41)48-46(42-20-6-8-22-44(42)47-45)40-18-10-16-36(30-40)38-26-24-32-12-2-4-14-34(32)28-38;1-3-11-37-29-39(27-21-31(37)9-1)33-17-23-35(24-18-33)45-41-13-5-7-15-43(41)48-46(42-14-6-8-16-44(42)47-45)36-25-19-34(20-26-36)40-28-22-32-10-2-4-12-38(32)30-40/h2*1-30H. The van der Waals surface area contributed by atoms with E-state index in [1.54, 1.807) is 0 Å². The van der Waals surface area contributed by atoms with Crippen molar-refractivity contribution in [2.45, 2.75) is 0 Å². The molecular weight excluding hydrogens is 1160 g/mol. The Morgan fingerprint density at radius 1 is 0.125 bits per heavy atom. The Labute approximate surface area is 558 Å². The van der Waals surface area contributed by atoms with E-state index < -0.39 is 0 Å². The highest BCUT2D eigenvalue weighted by molar-refractivity contribution is 6.24. The Hall–Kier alpha value is -12.8. The molecule has 2 aliphatic heterocycles. The fraction of sp³-hybridized carbons (Fsp3) is 0. The maximum absolute atomic E-state index is 5.42. The van der Waals surface area contributed by atoms with Crippen molar-refractivity contribution >= 4 is 88.7 Å². The van der Waals surface area contributed by atoms with E-state index in [1.807, 2.05) is 0 Å². The summed E-state index contributed by atoms with van der Waals surface area (Å²) in [6.07, 6.45) is 0. The topological polar surface area (TPSA) is 49.4 Å². The predicted octanol–water partition coefficient (Wildman–Crippen LogP) is 24.0. The van der Waals surface area contributed by atoms with Crippen LogP contribution < -0.4 is 0 Å². The molecule has 0 N–H and O–H groups in total. The monoisotopic (exact) mass is 1220 g/mol. The van der Waals surface area contributed by atoms with Crippen molar-refractivity contribution in [3.63, 3.8) is 0 Å². The molecule has 0 bridgehead atoms. The summed E-state index contributed by atoms with van der Waals surface area (Å²) in [6.45, 7) is 0. The van der Waals surface area contributed by atoms with Crippen molar-refractivity contribution in [1.29, 1.82) is 0 Å². The fourth-order valence-corrected chi connectivity index (χ4v) is 13.5. The van der Waals surface area contributed by atoms with Crippen molar-refractivity contribution in [2.24, 2.45) is 20.0 Å². The van der Waals surface area contributed by atoms with Crippen molar-refractivity contribution in [3.8, 4) is 44.5 Å². The number of aliphatic imine (C=N–C) groups is 4. The van der Waals surface area contributed by atoms with Crippen molar-refractivity contribution in [3.05, 3.63) is 408 Å². The lowest BCUT2D eigenvalue weighted by atomic mass is 9.93. The van der Waals surface area contributed by atoms with Gasteiger partial charge in [-0.1, -0.05) is 303 Å². The average Bonchev–Trinajstić information content (AvgIpc) is 0.811. The first-order valence-corrected chi connectivity index (χ1v) is 32.6. The van der Waals surface area contributed by atoms with Gasteiger partial charge in [0.15, 0.2) is 0 Å². The summed E-state index contributed by atoms with van der Waals surface area (Å²) in [4.78, 5) is 21.6. The summed E-state index contributed by atoms with van der Waals surface area (Å²) in [6, 6.07) is 129. The molecule has 0 unspecified atom stereocenters. The number of rotatable bonds is 8. The van der Waals surface area contributed by atoms with Crippen LogP contribution in [0, 0.1) is 0 Å². The first kappa shape index (κ1) is 57.2. The van der Waals surface area contributed by atoms with Gasteiger partial charge in [-0.2, -0.15) is 0 Å². The third-order valence-corrected chi connectivity index (χ3v) is 18.5. The van der Waals surface area contributed by atoms with Crippen LogP contribution in [0.3, 0.4) is 0 Å². The number of hydrogen-bond donors (Lipinski definition) is 0. The lowest BCUT2D eigenvalue weighted by Gasteiger charge is -2.19. The molecule has 2 heterocycles. The molecule has 18 rings (SSSR count). The molecule has 0 amide bonds. The number of nitrogens with zero attached hydrogens (tertiary/aromatic N) is 4. The molecular formula is C92H60N4. The Balaban J connectivity index is 0.000000145. The van der Waals surface area contributed by atoms with Crippen LogP contribution in [0.4, 0.5) is 22.7 Å². The molecule has 4 nitrogen and oxygen atoms in total. The van der Waals surface area contributed by atoms with Gasteiger partial charge in [-0.3, -0.25) is 0 Å². The minimum Gasteiger partial charge on any atom is -0.247 e. The number of fused-ring (bicyclic) bond motifs is 8. The van der Waals surface area contributed by atoms with Crippen molar-refractivity contribution in [1.82, 2.24) is 0 Å². The van der Waals surface area contributed by atoms with Crippen LogP contribution in [-0.4, -0.2) is 22.8 Å². The van der Waals surface area contributed by atoms with Gasteiger partial charge < -0.3 is 0 Å². The molecule has 0 radical (unpaired) electrons. The van der Waals surface area contributed by atoms with E-state index in [0.29, 0.717) is 0 Å². The average molecular weight is 1220 g/mol. The zero-order valence-electron chi connectivity index (χ0n) is 52.4. The second kappa shape index (κ2) is 25.0. The minimum atomic E-state index is 0.896. The molecule has 0 aromatic heterocycles. The van der Waals surface area contributed by atoms with E-state index in [0.717, 1.165) is 101 Å². The predicted molar refractivity (Wildman–Crippen MR) is 405 cm³/mol. The van der Waals surface area contributed by atoms with E-state index in [-0.39, 0.29) is 0 Å². The largest absolute Gasteiger partial charge is 0.247 e. The fourth-order valence-electron chi connectivity index (χ4n) is 13.5. The van der Waals surface area contributed by atoms with Gasteiger partial charge in [0, 0.05) is 44.5 Å². The second-order valence-electron chi connectivity index (χ2n) is 24.5. The molecule has 0 atom stereocenters. The molecule has 16 aromatic carbocycles. The first-order valence-electron chi connectivity index (χ1n) is 32.6. The van der Waals surface area contributed by atoms with Gasteiger partial charge in [0.1, 0.15) is 0 Å². The van der Waals surface area contributed by atoms with E-state index >= 15 is 0 Å². The molecule has 0 fully saturated rings. The summed E-state index contributed by atoms with van der Waals surface area (Å²) in [5.41, 5.74) is 24.9. The van der Waals surface area contributed by atoms with Gasteiger partial charge >= 0.3 is 0 Å². The smallest absolute Gasteiger partial charge is 0.0803 e. The SMILES string of the molecule is c1cc(C2=Nc3ccccc3C(c3cccc(-c4ccc5ccccc5c4)c3)=Nc3ccccc32)cc(-c2ccc3ccccc3c2)c1.c1ccc2c(c1)N=C(c1ccc(-c3ccc4ccccc4c3)cc1)c1ccccc1N=C2c1ccc(-c2ccc3ccccc3c2)cc1. The maximum Gasteiger partial charge on any atom is 0.0803 e. The first-order chi connectivity index (χ1) is 47.5. The molecule has 2 aliphatic rings. The number of benzene rings is 16. The highest BCUT2D eigenvalue weighted by Crippen LogP contribution is 2.39. The summed E-state index contributed by atoms with van der Waals surface area (Å²) in [5.74, 6) is 0. The normalized spacial score (nSPS) is 12.4. The van der Waals surface area contributed by atoms with Crippen molar-refractivity contribution < 1.29 is 0 Å². The van der Waals surface area contributed by atoms with Crippen LogP contribution in [0.2, 0.25) is 0 Å². The Bertz CT molecular complexity index is 5470. The number of hydrogen-bond acceptors (Lipinski definition) is 4. The molecule has 16 aromatic rings. The molecule has 0 saturated heterocycles. The second-order valence-corrected chi connectivity index (χ2v) is 24.5. The Morgan fingerprint density at radius 3 is 0.635 bits per heavy atom. The molecule has 96 heavy (non-hydrogen) atoms. The quantitative estimate of drug-likeness (QED) is 0.146. The van der Waals surface area contributed by atoms with Crippen LogP contribution in [0.15, 0.2) is 384 Å². The third-order valence-electron chi connectivity index (χ3n) is 18.5. The lowest BCUT2D eigenvalue weighted by Crippen LogP contribution is -2.10. The summed E-state index contributed by atoms with van der Waals surface area (Å²) >= 11 is 0. The zero-order chi connectivity index (χ0) is 63.7. The van der Waals surface area contributed by atoms with Gasteiger partial charge in [0.25, 0.3) is 0 Å². The molecule has 0 aliphatic carbocycles. The van der Waals surface area contributed by atoms with E-state index in [9.17, 15) is 0 Å². The number of para-hydroxylation sites is 4. The van der Waals surface area contributed by atoms with Crippen LogP contribution in [0.5, 0.6) is 0 Å². The summed E-state index contributed by atoms with van der Waals surface area (Å²) in [5, 5.41) is 9.92. The van der Waals surface area contributed by atoms with Crippen LogP contribution >= 0.6 is 0 Å². The highest BCUT2D eigenvalue weighted by Gasteiger charge is 2.23. The van der Waals surface area contributed by atoms with Gasteiger partial charge in [-0.15, -0.1) is 0 Å². The van der Waals surface area contributed by atoms with Crippen LogP contribution in [-0.2, 0) is 0 Å². The molecule has 4 heteroatoms. The Morgan fingerprint density at radius 2 is 0.333 bits per heavy atom. The highest BCUT2D eigenvalue weighted by atomic mass is 14.8. The van der Waals surface area contributed by atoms with Crippen LogP contribution in [0.1, 0.15) is 44.5 Å². The molecule has 0 saturated carbocycles. The maximum atomic E-state index is 5.42. The van der Waals surface area contributed by atoms with E-state index in [2.05, 4.69) is 364 Å². The molecule has 448 valence electrons. The van der Waals surface area contributed by atoms with Gasteiger partial charge in [0.05, 0.1) is 45.6 Å². The summed E-state index contributed by atoms with van der Waals surface area (Å²) < 4.78 is 0. The third kappa shape index (κ3) is 11.3. The van der Waals surface area contributed by atoms with Crippen LogP contribution in [0.25, 0.3) is 87.6 Å². The van der Waals surface area contributed by atoms with Crippen molar-refractivity contribution in [2.75, 3.05) is 0 Å². The van der Waals surface area contributed by atoms with E-state index in [4.69, 9.17) is 20.0 Å². The minimum absolute atomic E-state index is 0.896. The van der Waals surface area contributed by atoms with E-state index in [1.165, 1.54) is 76.5 Å².